The Labute approximate surface area is 167 Å². The van der Waals surface area contributed by atoms with Crippen LogP contribution in [0.3, 0.4) is 0 Å². The molecule has 0 saturated carbocycles. The monoisotopic (exact) mass is 400 g/mol. The van der Waals surface area contributed by atoms with Crippen LogP contribution in [0.4, 0.5) is 0 Å². The number of carbonyl (C=O) groups is 4. The minimum absolute atomic E-state index is 0.0811. The van der Waals surface area contributed by atoms with E-state index in [2.05, 4.69) is 16.0 Å². The van der Waals surface area contributed by atoms with Crippen molar-refractivity contribution in [2.75, 3.05) is 6.54 Å². The molecule has 0 heterocycles. The second-order valence-corrected chi connectivity index (χ2v) is 8.27. The van der Waals surface area contributed by atoms with Crippen LogP contribution in [-0.2, 0) is 19.2 Å². The Kier molecular flexibility index (Phi) is 11.4. The third kappa shape index (κ3) is 10.2. The fourth-order valence-corrected chi connectivity index (χ4v) is 2.50. The van der Waals surface area contributed by atoms with Crippen molar-refractivity contribution in [1.82, 2.24) is 16.0 Å². The van der Waals surface area contributed by atoms with Gasteiger partial charge in [0, 0.05) is 0 Å². The highest BCUT2D eigenvalue weighted by molar-refractivity contribution is 5.92. The number of carbonyl (C=O) groups excluding carboxylic acids is 3. The summed E-state index contributed by atoms with van der Waals surface area (Å²) in [6, 6.07) is -2.58. The Bertz CT molecular complexity index is 548. The van der Waals surface area contributed by atoms with Gasteiger partial charge in [0.1, 0.15) is 12.1 Å². The normalized spacial score (nSPS) is 14.5. The Hall–Kier alpha value is -2.16. The Morgan fingerprint density at radius 1 is 0.821 bits per heavy atom. The molecule has 0 rings (SSSR count). The minimum Gasteiger partial charge on any atom is -0.480 e. The van der Waals surface area contributed by atoms with Gasteiger partial charge >= 0.3 is 5.97 Å². The van der Waals surface area contributed by atoms with E-state index in [0.717, 1.165) is 0 Å². The quantitative estimate of drug-likeness (QED) is 0.316. The van der Waals surface area contributed by atoms with Crippen molar-refractivity contribution in [1.29, 1.82) is 0 Å². The lowest BCUT2D eigenvalue weighted by Crippen LogP contribution is -2.54. The third-order valence-corrected chi connectivity index (χ3v) is 4.12. The molecule has 0 fully saturated rings. The second-order valence-electron chi connectivity index (χ2n) is 8.27. The van der Waals surface area contributed by atoms with Crippen molar-refractivity contribution in [3.63, 3.8) is 0 Å². The largest absolute Gasteiger partial charge is 0.480 e. The van der Waals surface area contributed by atoms with Gasteiger partial charge in [-0.05, 0) is 30.6 Å². The van der Waals surface area contributed by atoms with Crippen molar-refractivity contribution in [2.24, 2.45) is 23.5 Å². The van der Waals surface area contributed by atoms with Crippen molar-refractivity contribution in [2.45, 2.75) is 72.5 Å². The summed E-state index contributed by atoms with van der Waals surface area (Å²) in [5.74, 6) is -2.53. The summed E-state index contributed by atoms with van der Waals surface area (Å²) in [4.78, 5) is 47.9. The van der Waals surface area contributed by atoms with Gasteiger partial charge in [-0.15, -0.1) is 0 Å². The molecule has 162 valence electrons. The molecule has 3 atom stereocenters. The Balaban J connectivity index is 4.83. The highest BCUT2D eigenvalue weighted by atomic mass is 16.4. The first kappa shape index (κ1) is 25.8. The third-order valence-electron chi connectivity index (χ3n) is 4.12. The highest BCUT2D eigenvalue weighted by Crippen LogP contribution is 2.07. The molecule has 0 bridgehead atoms. The molecule has 0 aromatic carbocycles. The zero-order valence-corrected chi connectivity index (χ0v) is 17.7. The van der Waals surface area contributed by atoms with E-state index in [-0.39, 0.29) is 30.7 Å². The van der Waals surface area contributed by atoms with Crippen LogP contribution in [0.5, 0.6) is 0 Å². The molecule has 0 aliphatic carbocycles. The van der Waals surface area contributed by atoms with E-state index in [9.17, 15) is 24.3 Å². The van der Waals surface area contributed by atoms with Crippen LogP contribution in [0.25, 0.3) is 0 Å². The van der Waals surface area contributed by atoms with Crippen molar-refractivity contribution in [3.05, 3.63) is 0 Å². The van der Waals surface area contributed by atoms with Gasteiger partial charge in [0.05, 0.1) is 12.6 Å². The van der Waals surface area contributed by atoms with E-state index in [1.165, 1.54) is 0 Å². The number of carboxylic acid groups (broad SMARTS) is 1. The second kappa shape index (κ2) is 12.3. The molecule has 0 aliphatic rings. The van der Waals surface area contributed by atoms with Gasteiger partial charge in [0.2, 0.25) is 17.7 Å². The number of rotatable bonds is 12. The van der Waals surface area contributed by atoms with Gasteiger partial charge in [-0.2, -0.15) is 0 Å². The fourth-order valence-electron chi connectivity index (χ4n) is 2.50. The van der Waals surface area contributed by atoms with Crippen LogP contribution in [-0.4, -0.2) is 53.5 Å². The number of carboxylic acids is 1. The van der Waals surface area contributed by atoms with E-state index in [4.69, 9.17) is 5.73 Å². The number of nitrogens with two attached hydrogens (primary N) is 1. The average molecular weight is 401 g/mol. The first-order valence-electron chi connectivity index (χ1n) is 9.70. The van der Waals surface area contributed by atoms with Crippen LogP contribution in [0.15, 0.2) is 0 Å². The van der Waals surface area contributed by atoms with Gasteiger partial charge in [0.15, 0.2) is 0 Å². The first-order valence-corrected chi connectivity index (χ1v) is 9.70. The molecule has 0 saturated heterocycles. The summed E-state index contributed by atoms with van der Waals surface area (Å²) < 4.78 is 0. The number of aliphatic carboxylic acids is 1. The Morgan fingerprint density at radius 2 is 1.32 bits per heavy atom. The van der Waals surface area contributed by atoms with E-state index < -0.39 is 41.8 Å². The van der Waals surface area contributed by atoms with Crippen LogP contribution in [0, 0.1) is 17.8 Å². The smallest absolute Gasteiger partial charge is 0.326 e. The average Bonchev–Trinajstić information content (AvgIpc) is 2.56. The maximum atomic E-state index is 12.4. The lowest BCUT2D eigenvalue weighted by atomic mass is 10.0. The minimum atomic E-state index is -1.12. The number of hydrogen-bond donors (Lipinski definition) is 5. The lowest BCUT2D eigenvalue weighted by molar-refractivity contribution is -0.142. The summed E-state index contributed by atoms with van der Waals surface area (Å²) >= 11 is 0. The summed E-state index contributed by atoms with van der Waals surface area (Å²) in [7, 11) is 0. The molecular weight excluding hydrogens is 364 g/mol. The SMILES string of the molecule is CC(C)CC(NC(=O)CNC(=O)C(CC(C)C)NC(=O)C(N)C(C)C)C(=O)O. The number of hydrogen-bond acceptors (Lipinski definition) is 5. The predicted molar refractivity (Wildman–Crippen MR) is 106 cm³/mol. The van der Waals surface area contributed by atoms with Crippen LogP contribution in [0.1, 0.15) is 54.4 Å². The molecule has 28 heavy (non-hydrogen) atoms. The molecule has 0 aromatic heterocycles. The topological polar surface area (TPSA) is 151 Å². The van der Waals surface area contributed by atoms with Gasteiger partial charge in [-0.1, -0.05) is 41.5 Å². The van der Waals surface area contributed by atoms with Crippen molar-refractivity contribution >= 4 is 23.7 Å². The van der Waals surface area contributed by atoms with E-state index in [0.29, 0.717) is 6.42 Å². The fraction of sp³-hybridized carbons (Fsp3) is 0.789. The number of nitrogens with one attached hydrogen (secondary N) is 3. The number of amides is 3. The van der Waals surface area contributed by atoms with Gasteiger partial charge < -0.3 is 26.8 Å². The van der Waals surface area contributed by atoms with Gasteiger partial charge in [0.25, 0.3) is 0 Å². The highest BCUT2D eigenvalue weighted by Gasteiger charge is 2.27. The molecule has 9 nitrogen and oxygen atoms in total. The molecule has 0 aliphatic heterocycles. The molecule has 3 amide bonds. The summed E-state index contributed by atoms with van der Waals surface area (Å²) in [6.07, 6.45) is 0.670. The van der Waals surface area contributed by atoms with E-state index in [1.807, 2.05) is 41.5 Å². The maximum Gasteiger partial charge on any atom is 0.326 e. The first-order chi connectivity index (χ1) is 12.8. The molecule has 6 N–H and O–H groups in total. The molecule has 9 heteroatoms. The summed E-state index contributed by atoms with van der Waals surface area (Å²) in [5.41, 5.74) is 5.82. The van der Waals surface area contributed by atoms with Crippen LogP contribution in [0.2, 0.25) is 0 Å². The summed E-state index contributed by atoms with van der Waals surface area (Å²) in [6.45, 7) is 10.8. The standard InChI is InChI=1S/C19H36N4O5/c1-10(2)7-13(23-18(26)16(20)12(5)6)17(25)21-9-15(24)22-14(19(27)28)8-11(3)4/h10-14,16H,7-9,20H2,1-6H3,(H,21,25)(H,22,24)(H,23,26)(H,27,28). The van der Waals surface area contributed by atoms with Crippen molar-refractivity contribution < 1.29 is 24.3 Å². The van der Waals surface area contributed by atoms with Crippen LogP contribution < -0.4 is 21.7 Å². The van der Waals surface area contributed by atoms with Gasteiger partial charge in [-0.3, -0.25) is 14.4 Å². The van der Waals surface area contributed by atoms with Gasteiger partial charge in [-0.25, -0.2) is 4.79 Å². The van der Waals surface area contributed by atoms with Crippen LogP contribution >= 0.6 is 0 Å². The molecule has 0 spiro atoms. The van der Waals surface area contributed by atoms with E-state index >= 15 is 0 Å². The lowest BCUT2D eigenvalue weighted by Gasteiger charge is -2.23. The van der Waals surface area contributed by atoms with E-state index in [1.54, 1.807) is 0 Å². The Morgan fingerprint density at radius 3 is 1.75 bits per heavy atom. The molecule has 0 aromatic rings. The molecular formula is C19H36N4O5. The maximum absolute atomic E-state index is 12.4. The zero-order valence-electron chi connectivity index (χ0n) is 17.7. The zero-order chi connectivity index (χ0) is 22.0. The summed E-state index contributed by atoms with van der Waals surface area (Å²) in [5, 5.41) is 16.7. The molecule has 3 unspecified atom stereocenters. The molecule has 0 radical (unpaired) electrons. The predicted octanol–water partition coefficient (Wildman–Crippen LogP) is 0.232. The van der Waals surface area contributed by atoms with Crippen molar-refractivity contribution in [3.8, 4) is 0 Å².